The summed E-state index contributed by atoms with van der Waals surface area (Å²) in [4.78, 5) is 53.8. The van der Waals surface area contributed by atoms with Gasteiger partial charge in [0.05, 0.1) is 19.3 Å². The second-order valence-electron chi connectivity index (χ2n) is 7.42. The van der Waals surface area contributed by atoms with Crippen molar-refractivity contribution < 1.29 is 19.2 Å². The van der Waals surface area contributed by atoms with Gasteiger partial charge in [-0.3, -0.25) is 25.2 Å². The van der Waals surface area contributed by atoms with Gasteiger partial charge in [0.25, 0.3) is 11.8 Å². The van der Waals surface area contributed by atoms with Gasteiger partial charge in [0.2, 0.25) is 0 Å². The molecule has 0 aromatic carbocycles. The average Bonchev–Trinajstić information content (AvgIpc) is 2.84. The number of carbonyl (C=O) groups is 4. The van der Waals surface area contributed by atoms with Crippen LogP contribution in [0.3, 0.4) is 0 Å². The molecule has 2 fully saturated rings. The van der Waals surface area contributed by atoms with Crippen LogP contribution < -0.4 is 27.4 Å². The predicted octanol–water partition coefficient (Wildman–Crippen LogP) is -2.16. The second-order valence-corrected chi connectivity index (χ2v) is 7.42. The van der Waals surface area contributed by atoms with E-state index in [9.17, 15) is 19.2 Å². The summed E-state index contributed by atoms with van der Waals surface area (Å²) in [5, 5.41) is 7.21. The Balaban J connectivity index is 1.87. The summed E-state index contributed by atoms with van der Waals surface area (Å²) >= 11 is 0. The van der Waals surface area contributed by atoms with Gasteiger partial charge in [0.15, 0.2) is 5.96 Å². The Bertz CT molecular complexity index is 702. The van der Waals surface area contributed by atoms with E-state index in [0.717, 1.165) is 0 Å². The number of aliphatic imine (C=N–C) groups is 1. The van der Waals surface area contributed by atoms with Crippen molar-refractivity contribution in [3.8, 4) is 0 Å². The number of rotatable bonds is 6. The van der Waals surface area contributed by atoms with Gasteiger partial charge >= 0.3 is 12.1 Å². The second kappa shape index (κ2) is 7.02. The number of nitrogens with one attached hydrogen (secondary N) is 3. The largest absolute Gasteiger partial charge is 0.370 e. The van der Waals surface area contributed by atoms with Gasteiger partial charge in [0.1, 0.15) is 11.1 Å². The summed E-state index contributed by atoms with van der Waals surface area (Å²) in [6, 6.07) is -1.000. The molecule has 27 heavy (non-hydrogen) atoms. The zero-order valence-electron chi connectivity index (χ0n) is 15.8. The molecule has 2 heterocycles. The molecule has 1 atom stereocenters. The number of guanidine groups is 1. The molecule has 2 saturated heterocycles. The van der Waals surface area contributed by atoms with E-state index in [1.54, 1.807) is 27.7 Å². The predicted molar refractivity (Wildman–Crippen MR) is 96.2 cm³/mol. The Morgan fingerprint density at radius 2 is 1.52 bits per heavy atom. The van der Waals surface area contributed by atoms with Crippen LogP contribution in [0, 0.1) is 0 Å². The molecule has 0 aliphatic carbocycles. The quantitative estimate of drug-likeness (QED) is 0.150. The van der Waals surface area contributed by atoms with Crippen molar-refractivity contribution in [2.24, 2.45) is 16.5 Å². The molecule has 2 rings (SSSR count). The van der Waals surface area contributed by atoms with Crippen molar-refractivity contribution in [3.63, 3.8) is 0 Å². The maximum Gasteiger partial charge on any atom is 0.325 e. The van der Waals surface area contributed by atoms with Crippen LogP contribution in [0.5, 0.6) is 0 Å². The minimum atomic E-state index is -1.01. The smallest absolute Gasteiger partial charge is 0.325 e. The van der Waals surface area contributed by atoms with E-state index in [0.29, 0.717) is 0 Å². The van der Waals surface area contributed by atoms with Crippen molar-refractivity contribution in [3.05, 3.63) is 0 Å². The first kappa shape index (κ1) is 20.4. The van der Waals surface area contributed by atoms with Crippen LogP contribution in [0.25, 0.3) is 0 Å². The average molecular weight is 382 g/mol. The van der Waals surface area contributed by atoms with Crippen molar-refractivity contribution >= 4 is 29.8 Å². The summed E-state index contributed by atoms with van der Waals surface area (Å²) in [6.45, 7) is 6.89. The van der Waals surface area contributed by atoms with Crippen LogP contribution in [0.15, 0.2) is 4.99 Å². The zero-order chi connectivity index (χ0) is 20.6. The highest BCUT2D eigenvalue weighted by Gasteiger charge is 2.46. The maximum absolute atomic E-state index is 11.8. The van der Waals surface area contributed by atoms with Crippen molar-refractivity contribution in [1.29, 1.82) is 0 Å². The molecular weight excluding hydrogens is 356 g/mol. The molecule has 0 spiro atoms. The number of carbonyl (C=O) groups excluding carboxylic acids is 4. The maximum atomic E-state index is 11.8. The number of imide groups is 2. The number of urea groups is 2. The highest BCUT2D eigenvalue weighted by atomic mass is 16.2. The molecule has 0 aromatic heterocycles. The number of amides is 6. The Kier molecular flexibility index (Phi) is 5.31. The third-order valence-electron chi connectivity index (χ3n) is 4.71. The van der Waals surface area contributed by atoms with E-state index >= 15 is 0 Å². The molecule has 0 bridgehead atoms. The third kappa shape index (κ3) is 3.94. The van der Waals surface area contributed by atoms with Gasteiger partial charge in [-0.1, -0.05) is 0 Å². The summed E-state index contributed by atoms with van der Waals surface area (Å²) in [7, 11) is 0. The molecule has 0 aromatic rings. The summed E-state index contributed by atoms with van der Waals surface area (Å²) in [5.74, 6) is -0.747. The van der Waals surface area contributed by atoms with Crippen LogP contribution in [-0.4, -0.2) is 76.5 Å². The number of nitrogens with two attached hydrogens (primary N) is 2. The van der Waals surface area contributed by atoms with E-state index in [1.165, 1.54) is 9.80 Å². The lowest BCUT2D eigenvalue weighted by Crippen LogP contribution is -2.56. The molecule has 0 saturated carbocycles. The van der Waals surface area contributed by atoms with Crippen LogP contribution in [0.1, 0.15) is 27.7 Å². The van der Waals surface area contributed by atoms with Gasteiger partial charge < -0.3 is 26.6 Å². The van der Waals surface area contributed by atoms with Gasteiger partial charge in [-0.2, -0.15) is 0 Å². The first-order valence-corrected chi connectivity index (χ1v) is 8.45. The highest BCUT2D eigenvalue weighted by Crippen LogP contribution is 2.21. The topological polar surface area (TPSA) is 175 Å². The first-order valence-electron chi connectivity index (χ1n) is 8.45. The normalized spacial score (nSPS) is 22.8. The Morgan fingerprint density at radius 3 is 1.96 bits per heavy atom. The number of hydrogen-bond donors (Lipinski definition) is 5. The SMILES string of the molecule is CC1(C)C(=O)NC(=O)N1CCN=C(N)NC(N)CN1C(=O)NC(=O)C1(C)C. The van der Waals surface area contributed by atoms with E-state index in [2.05, 4.69) is 20.9 Å². The van der Waals surface area contributed by atoms with E-state index in [-0.39, 0.29) is 31.5 Å². The molecule has 6 amide bonds. The zero-order valence-corrected chi connectivity index (χ0v) is 15.8. The molecule has 1 unspecified atom stereocenters. The fourth-order valence-electron chi connectivity index (χ4n) is 2.83. The fraction of sp³-hybridized carbons (Fsp3) is 0.667. The molecule has 12 nitrogen and oxygen atoms in total. The standard InChI is InChI=1S/C15H26N8O4/c1-14(2)9(24)20-12(26)22(14)6-5-18-11(17)19-8(16)7-23-13(27)21-10(25)15(23,3)4/h8H,5-7,16H2,1-4H3,(H3,17,18,19)(H,20,24,26)(H,21,25,27). The summed E-state index contributed by atoms with van der Waals surface area (Å²) in [6.07, 6.45) is -0.752. The highest BCUT2D eigenvalue weighted by molar-refractivity contribution is 6.07. The van der Waals surface area contributed by atoms with Crippen molar-refractivity contribution in [2.45, 2.75) is 44.9 Å². The third-order valence-corrected chi connectivity index (χ3v) is 4.71. The first-order chi connectivity index (χ1) is 12.4. The molecule has 2 aliphatic rings. The molecule has 150 valence electrons. The summed E-state index contributed by atoms with van der Waals surface area (Å²) in [5.41, 5.74) is 9.75. The molecule has 7 N–H and O–H groups in total. The van der Waals surface area contributed by atoms with Crippen molar-refractivity contribution in [2.75, 3.05) is 19.6 Å². The van der Waals surface area contributed by atoms with Crippen LogP contribution >= 0.6 is 0 Å². The lowest BCUT2D eigenvalue weighted by atomic mass is 10.0. The molecule has 12 heteroatoms. The van der Waals surface area contributed by atoms with Gasteiger partial charge in [-0.25, -0.2) is 9.59 Å². The van der Waals surface area contributed by atoms with Gasteiger partial charge in [0, 0.05) is 6.54 Å². The summed E-state index contributed by atoms with van der Waals surface area (Å²) < 4.78 is 0. The van der Waals surface area contributed by atoms with E-state index < -0.39 is 35.2 Å². The number of nitrogens with zero attached hydrogens (tertiary/aromatic N) is 3. The van der Waals surface area contributed by atoms with Gasteiger partial charge in [-0.05, 0) is 27.7 Å². The lowest BCUT2D eigenvalue weighted by molar-refractivity contribution is -0.125. The van der Waals surface area contributed by atoms with Gasteiger partial charge in [-0.15, -0.1) is 0 Å². The van der Waals surface area contributed by atoms with E-state index in [4.69, 9.17) is 11.5 Å². The van der Waals surface area contributed by atoms with Crippen LogP contribution in [0.4, 0.5) is 9.59 Å². The Labute approximate surface area is 156 Å². The molecular formula is C15H26N8O4. The van der Waals surface area contributed by atoms with Crippen LogP contribution in [0.2, 0.25) is 0 Å². The molecule has 0 radical (unpaired) electrons. The minimum absolute atomic E-state index is 0.0231. The Hall–Kier alpha value is -2.89. The fourth-order valence-corrected chi connectivity index (χ4v) is 2.83. The lowest BCUT2D eigenvalue weighted by Gasteiger charge is -2.30. The van der Waals surface area contributed by atoms with E-state index in [1.807, 2.05) is 0 Å². The number of hydrogen-bond acceptors (Lipinski definition) is 6. The molecule has 2 aliphatic heterocycles. The van der Waals surface area contributed by atoms with Crippen LogP contribution in [-0.2, 0) is 9.59 Å². The monoisotopic (exact) mass is 382 g/mol. The Morgan fingerprint density at radius 1 is 1.04 bits per heavy atom. The minimum Gasteiger partial charge on any atom is -0.370 e. The van der Waals surface area contributed by atoms with Crippen molar-refractivity contribution in [1.82, 2.24) is 25.8 Å².